The van der Waals surface area contributed by atoms with Crippen LogP contribution in [-0.4, -0.2) is 62.0 Å². The van der Waals surface area contributed by atoms with E-state index in [0.717, 1.165) is 12.1 Å². The minimum Gasteiger partial charge on any atom is -0.479 e. The number of nitro benzene ring substituents is 1. The quantitative estimate of drug-likeness (QED) is 0.398. The topological polar surface area (TPSA) is 160 Å². The highest BCUT2D eigenvalue weighted by molar-refractivity contribution is 5.73. The fourth-order valence-electron chi connectivity index (χ4n) is 1.93. The van der Waals surface area contributed by atoms with Crippen LogP contribution in [0.5, 0.6) is 5.75 Å². The number of hydrogen-bond acceptors (Lipinski definition) is 8. The number of carboxylic acids is 1. The number of carboxylic acid groups (broad SMARTS) is 1. The van der Waals surface area contributed by atoms with Crippen molar-refractivity contribution >= 4 is 11.7 Å². The molecule has 0 radical (unpaired) electrons. The molecule has 0 aromatic heterocycles. The van der Waals surface area contributed by atoms with Gasteiger partial charge in [-0.3, -0.25) is 10.1 Å². The zero-order valence-electron chi connectivity index (χ0n) is 11.0. The van der Waals surface area contributed by atoms with Crippen molar-refractivity contribution in [2.45, 2.75) is 30.7 Å². The summed E-state index contributed by atoms with van der Waals surface area (Å²) >= 11 is 0. The zero-order valence-corrected chi connectivity index (χ0v) is 11.0. The van der Waals surface area contributed by atoms with E-state index in [-0.39, 0.29) is 11.4 Å². The molecule has 1 aliphatic heterocycles. The standard InChI is InChI=1S/C12H13NO9/c14-7-8(15)10(11(17)18)22-12(9(7)16)21-6-3-1-5(2-4-6)13(19)20/h1-4,7-10,12,14-16H,(H,17,18)/t7-,8-,9+,10-,12+/m1/s1. The van der Waals surface area contributed by atoms with Crippen molar-refractivity contribution in [3.63, 3.8) is 0 Å². The van der Waals surface area contributed by atoms with E-state index < -0.39 is 41.6 Å². The molecule has 5 atom stereocenters. The molecule has 0 unspecified atom stereocenters. The molecule has 0 aliphatic carbocycles. The number of rotatable bonds is 4. The van der Waals surface area contributed by atoms with Crippen molar-refractivity contribution < 1.29 is 39.6 Å². The van der Waals surface area contributed by atoms with E-state index in [1.165, 1.54) is 12.1 Å². The molecule has 120 valence electrons. The fraction of sp³-hybridized carbons (Fsp3) is 0.417. The fourth-order valence-corrected chi connectivity index (χ4v) is 1.93. The van der Waals surface area contributed by atoms with Gasteiger partial charge in [-0.25, -0.2) is 4.79 Å². The lowest BCUT2D eigenvalue weighted by atomic mass is 9.99. The lowest BCUT2D eigenvalue weighted by Gasteiger charge is -2.38. The van der Waals surface area contributed by atoms with Crippen LogP contribution >= 0.6 is 0 Å². The summed E-state index contributed by atoms with van der Waals surface area (Å²) in [6.45, 7) is 0. The molecule has 1 aromatic carbocycles. The Labute approximate surface area is 123 Å². The van der Waals surface area contributed by atoms with Gasteiger partial charge >= 0.3 is 5.97 Å². The number of aliphatic hydroxyl groups excluding tert-OH is 3. The van der Waals surface area contributed by atoms with Crippen LogP contribution in [0.25, 0.3) is 0 Å². The van der Waals surface area contributed by atoms with Gasteiger partial charge in [-0.1, -0.05) is 0 Å². The second-order valence-corrected chi connectivity index (χ2v) is 4.60. The third-order valence-corrected chi connectivity index (χ3v) is 3.11. The van der Waals surface area contributed by atoms with Crippen molar-refractivity contribution in [1.82, 2.24) is 0 Å². The monoisotopic (exact) mass is 315 g/mol. The molecule has 1 heterocycles. The van der Waals surface area contributed by atoms with Crippen molar-refractivity contribution in [3.05, 3.63) is 34.4 Å². The summed E-state index contributed by atoms with van der Waals surface area (Å²) in [6, 6.07) is 4.73. The molecule has 10 heteroatoms. The van der Waals surface area contributed by atoms with Crippen molar-refractivity contribution in [2.24, 2.45) is 0 Å². The van der Waals surface area contributed by atoms with Gasteiger partial charge in [0.15, 0.2) is 6.10 Å². The van der Waals surface area contributed by atoms with Crippen LogP contribution < -0.4 is 4.74 Å². The minimum atomic E-state index is -1.82. The van der Waals surface area contributed by atoms with E-state index in [1.54, 1.807) is 0 Å². The lowest BCUT2D eigenvalue weighted by molar-refractivity contribution is -0.384. The van der Waals surface area contributed by atoms with Crippen LogP contribution in [0.1, 0.15) is 0 Å². The molecule has 0 saturated carbocycles. The molecule has 0 bridgehead atoms. The summed E-state index contributed by atoms with van der Waals surface area (Å²) in [4.78, 5) is 20.8. The lowest BCUT2D eigenvalue weighted by Crippen LogP contribution is -2.61. The number of aliphatic carboxylic acids is 1. The summed E-state index contributed by atoms with van der Waals surface area (Å²) < 4.78 is 10.1. The van der Waals surface area contributed by atoms with Gasteiger partial charge in [-0.05, 0) is 12.1 Å². The number of ether oxygens (including phenoxy) is 2. The average Bonchev–Trinajstić information content (AvgIpc) is 2.48. The normalized spacial score (nSPS) is 31.5. The van der Waals surface area contributed by atoms with E-state index >= 15 is 0 Å². The predicted octanol–water partition coefficient (Wildman–Crippen LogP) is -1.13. The summed E-state index contributed by atoms with van der Waals surface area (Å²) in [6.07, 6.45) is -8.62. The van der Waals surface area contributed by atoms with E-state index in [4.69, 9.17) is 14.6 Å². The van der Waals surface area contributed by atoms with Gasteiger partial charge in [0.1, 0.15) is 24.1 Å². The Morgan fingerprint density at radius 2 is 1.73 bits per heavy atom. The molecule has 22 heavy (non-hydrogen) atoms. The van der Waals surface area contributed by atoms with Crippen LogP contribution in [0.15, 0.2) is 24.3 Å². The van der Waals surface area contributed by atoms with Gasteiger partial charge in [0.25, 0.3) is 5.69 Å². The Morgan fingerprint density at radius 3 is 2.23 bits per heavy atom. The SMILES string of the molecule is O=C(O)[C@@H]1O[C@H](Oc2ccc([N+](=O)[O-])cc2)[C@@H](O)[C@H](O)[C@H]1O. The van der Waals surface area contributed by atoms with Gasteiger partial charge < -0.3 is 29.9 Å². The van der Waals surface area contributed by atoms with Crippen molar-refractivity contribution in [3.8, 4) is 5.75 Å². The molecular weight excluding hydrogens is 302 g/mol. The van der Waals surface area contributed by atoms with Crippen LogP contribution in [-0.2, 0) is 9.53 Å². The Balaban J connectivity index is 2.13. The Hall–Kier alpha value is -2.27. The molecule has 4 N–H and O–H groups in total. The zero-order chi connectivity index (χ0) is 16.4. The summed E-state index contributed by atoms with van der Waals surface area (Å²) in [5.74, 6) is -1.47. The molecule has 10 nitrogen and oxygen atoms in total. The van der Waals surface area contributed by atoms with E-state index in [1.807, 2.05) is 0 Å². The smallest absolute Gasteiger partial charge is 0.335 e. The van der Waals surface area contributed by atoms with Gasteiger partial charge in [-0.15, -0.1) is 0 Å². The number of benzene rings is 1. The van der Waals surface area contributed by atoms with Crippen LogP contribution in [0.3, 0.4) is 0 Å². The maximum atomic E-state index is 10.9. The van der Waals surface area contributed by atoms with Crippen molar-refractivity contribution in [2.75, 3.05) is 0 Å². The van der Waals surface area contributed by atoms with Crippen LogP contribution in [0, 0.1) is 10.1 Å². The highest BCUT2D eigenvalue weighted by Crippen LogP contribution is 2.25. The second kappa shape index (κ2) is 6.23. The van der Waals surface area contributed by atoms with Crippen molar-refractivity contribution in [1.29, 1.82) is 0 Å². The Kier molecular flexibility index (Phi) is 4.56. The molecule has 0 spiro atoms. The number of nitro groups is 1. The molecular formula is C12H13NO9. The predicted molar refractivity (Wildman–Crippen MR) is 68.0 cm³/mol. The molecule has 1 saturated heterocycles. The van der Waals surface area contributed by atoms with Gasteiger partial charge in [0.05, 0.1) is 4.92 Å². The summed E-state index contributed by atoms with van der Waals surface area (Å²) in [5, 5.41) is 48.3. The number of nitrogens with zero attached hydrogens (tertiary/aromatic N) is 1. The van der Waals surface area contributed by atoms with Crippen LogP contribution in [0.2, 0.25) is 0 Å². The summed E-state index contributed by atoms with van der Waals surface area (Å²) in [7, 11) is 0. The number of hydrogen-bond donors (Lipinski definition) is 4. The first-order valence-electron chi connectivity index (χ1n) is 6.15. The van der Waals surface area contributed by atoms with E-state index in [9.17, 15) is 30.2 Å². The van der Waals surface area contributed by atoms with Crippen LogP contribution in [0.4, 0.5) is 5.69 Å². The highest BCUT2D eigenvalue weighted by atomic mass is 16.7. The minimum absolute atomic E-state index is 0.0578. The first kappa shape index (κ1) is 16.1. The number of aliphatic hydroxyl groups is 3. The van der Waals surface area contributed by atoms with Gasteiger partial charge in [0, 0.05) is 12.1 Å². The van der Waals surface area contributed by atoms with E-state index in [2.05, 4.69) is 0 Å². The maximum Gasteiger partial charge on any atom is 0.335 e. The Bertz CT molecular complexity index is 560. The molecule has 0 amide bonds. The third kappa shape index (κ3) is 3.14. The molecule has 1 fully saturated rings. The van der Waals surface area contributed by atoms with Gasteiger partial charge in [0.2, 0.25) is 6.29 Å². The Morgan fingerprint density at radius 1 is 1.14 bits per heavy atom. The number of non-ortho nitro benzene ring substituents is 1. The summed E-state index contributed by atoms with van der Waals surface area (Å²) in [5.41, 5.74) is -0.184. The second-order valence-electron chi connectivity index (χ2n) is 4.60. The average molecular weight is 315 g/mol. The molecule has 1 aromatic rings. The molecule has 2 rings (SSSR count). The number of carbonyl (C=O) groups is 1. The van der Waals surface area contributed by atoms with Gasteiger partial charge in [-0.2, -0.15) is 0 Å². The first-order valence-corrected chi connectivity index (χ1v) is 6.15. The highest BCUT2D eigenvalue weighted by Gasteiger charge is 2.48. The first-order chi connectivity index (χ1) is 10.3. The third-order valence-electron chi connectivity index (χ3n) is 3.11. The largest absolute Gasteiger partial charge is 0.479 e. The van der Waals surface area contributed by atoms with E-state index in [0.29, 0.717) is 0 Å². The maximum absolute atomic E-state index is 10.9. The molecule has 1 aliphatic rings.